The minimum absolute atomic E-state index is 0.0694. The molecule has 1 aromatic carbocycles. The van der Waals surface area contributed by atoms with Crippen molar-refractivity contribution in [1.82, 2.24) is 30.0 Å². The number of ether oxygens (including phenoxy) is 1. The van der Waals surface area contributed by atoms with Crippen molar-refractivity contribution in [3.63, 3.8) is 0 Å². The first-order chi connectivity index (χ1) is 16.7. The maximum absolute atomic E-state index is 13.2. The van der Waals surface area contributed by atoms with Crippen molar-refractivity contribution in [3.8, 4) is 10.6 Å². The van der Waals surface area contributed by atoms with Crippen LogP contribution in [0.4, 0.5) is 13.2 Å². The van der Waals surface area contributed by atoms with Gasteiger partial charge in [0.05, 0.1) is 30.4 Å². The Balaban J connectivity index is 1.49. The number of benzene rings is 1. The molecule has 4 heterocycles. The second kappa shape index (κ2) is 9.00. The number of aryl methyl sites for hydroxylation is 1. The molecule has 1 N–H and O–H groups in total. The highest BCUT2D eigenvalue weighted by Crippen LogP contribution is 2.35. The fraction of sp³-hybridized carbons (Fsp3) is 0.348. The van der Waals surface area contributed by atoms with Crippen molar-refractivity contribution in [1.29, 1.82) is 0 Å². The average Bonchev–Trinajstić information content (AvgIpc) is 3.58. The fourth-order valence-electron chi connectivity index (χ4n) is 4.01. The number of halogens is 3. The summed E-state index contributed by atoms with van der Waals surface area (Å²) in [7, 11) is 0. The van der Waals surface area contributed by atoms with Crippen LogP contribution in [0.1, 0.15) is 52.1 Å². The van der Waals surface area contributed by atoms with Gasteiger partial charge >= 0.3 is 6.18 Å². The van der Waals surface area contributed by atoms with Crippen LogP contribution in [0.25, 0.3) is 21.5 Å². The number of fused-ring (bicyclic) bond motifs is 1. The van der Waals surface area contributed by atoms with E-state index in [0.717, 1.165) is 45.2 Å². The number of thiazole rings is 1. The third-order valence-electron chi connectivity index (χ3n) is 5.85. The number of nitrogens with zero attached hydrogens (tertiary/aromatic N) is 5. The zero-order chi connectivity index (χ0) is 24.7. The summed E-state index contributed by atoms with van der Waals surface area (Å²) in [6.45, 7) is 4.82. The number of carbonyl (C=O) groups is 1. The molecule has 0 radical (unpaired) electrons. The third kappa shape index (κ3) is 4.63. The highest BCUT2D eigenvalue weighted by atomic mass is 32.1. The normalized spacial score (nSPS) is 17.1. The van der Waals surface area contributed by atoms with Crippen LogP contribution >= 0.6 is 11.3 Å². The van der Waals surface area contributed by atoms with Crippen molar-refractivity contribution in [3.05, 3.63) is 58.7 Å². The zero-order valence-corrected chi connectivity index (χ0v) is 19.7. The van der Waals surface area contributed by atoms with Gasteiger partial charge in [-0.05, 0) is 32.4 Å². The Morgan fingerprint density at radius 3 is 2.60 bits per heavy atom. The largest absolute Gasteiger partial charge is 0.451 e. The van der Waals surface area contributed by atoms with Crippen LogP contribution < -0.4 is 5.32 Å². The third-order valence-corrected chi connectivity index (χ3v) is 6.80. The Kier molecular flexibility index (Phi) is 6.01. The number of rotatable bonds is 5. The lowest BCUT2D eigenvalue weighted by molar-refractivity contribution is -0.145. The second-order valence-electron chi connectivity index (χ2n) is 8.37. The number of carbonyl (C=O) groups excluding carboxylic acids is 1. The first-order valence-corrected chi connectivity index (χ1v) is 11.7. The van der Waals surface area contributed by atoms with Crippen molar-refractivity contribution in [2.24, 2.45) is 0 Å². The van der Waals surface area contributed by atoms with E-state index in [1.54, 1.807) is 31.5 Å². The predicted molar refractivity (Wildman–Crippen MR) is 123 cm³/mol. The summed E-state index contributed by atoms with van der Waals surface area (Å²) in [5, 5.41) is 9.06. The van der Waals surface area contributed by atoms with Crippen LogP contribution in [0.2, 0.25) is 0 Å². The summed E-state index contributed by atoms with van der Waals surface area (Å²) in [4.78, 5) is 25.5. The molecule has 1 fully saturated rings. The van der Waals surface area contributed by atoms with Crippen molar-refractivity contribution in [2.45, 2.75) is 38.5 Å². The molecule has 1 amide bonds. The molecule has 2 atom stereocenters. The molecule has 1 aliphatic heterocycles. The van der Waals surface area contributed by atoms with Gasteiger partial charge in [-0.3, -0.25) is 9.48 Å². The van der Waals surface area contributed by atoms with Gasteiger partial charge in [0.1, 0.15) is 5.01 Å². The Morgan fingerprint density at radius 2 is 1.97 bits per heavy atom. The van der Waals surface area contributed by atoms with Gasteiger partial charge in [0, 0.05) is 52.2 Å². The van der Waals surface area contributed by atoms with Crippen molar-refractivity contribution in [2.75, 3.05) is 13.2 Å². The van der Waals surface area contributed by atoms with E-state index in [4.69, 9.17) is 4.74 Å². The Bertz CT molecular complexity index is 1380. The predicted octanol–water partition coefficient (Wildman–Crippen LogP) is 4.73. The average molecular weight is 503 g/mol. The lowest BCUT2D eigenvalue weighted by atomic mass is 10.0. The minimum atomic E-state index is -4.63. The van der Waals surface area contributed by atoms with E-state index in [0.29, 0.717) is 24.3 Å². The molecular weight excluding hydrogens is 481 g/mol. The van der Waals surface area contributed by atoms with Gasteiger partial charge in [-0.2, -0.15) is 18.3 Å². The SMILES string of the molecule is Cc1cnc(-c2cc(C(=O)NC(C)c3cnc(C(F)(F)F)nc3)cc3c2cnn3C2CCOC2)s1. The highest BCUT2D eigenvalue weighted by molar-refractivity contribution is 7.15. The van der Waals surface area contributed by atoms with Crippen LogP contribution in [0.3, 0.4) is 0 Å². The molecule has 8 nitrogen and oxygen atoms in total. The highest BCUT2D eigenvalue weighted by Gasteiger charge is 2.34. The maximum Gasteiger partial charge on any atom is 0.451 e. The monoisotopic (exact) mass is 502 g/mol. The number of aromatic nitrogens is 5. The molecule has 12 heteroatoms. The number of nitrogens with one attached hydrogen (secondary N) is 1. The van der Waals surface area contributed by atoms with Gasteiger partial charge in [0.2, 0.25) is 5.82 Å². The molecular formula is C23H21F3N6O2S. The quantitative estimate of drug-likeness (QED) is 0.424. The van der Waals surface area contributed by atoms with E-state index < -0.39 is 18.0 Å². The van der Waals surface area contributed by atoms with E-state index in [1.807, 2.05) is 11.6 Å². The first-order valence-electron chi connectivity index (χ1n) is 10.9. The molecule has 0 saturated carbocycles. The zero-order valence-electron chi connectivity index (χ0n) is 18.8. The van der Waals surface area contributed by atoms with E-state index in [9.17, 15) is 18.0 Å². The molecule has 35 heavy (non-hydrogen) atoms. The van der Waals surface area contributed by atoms with Crippen LogP contribution in [-0.4, -0.2) is 43.9 Å². The molecule has 3 aromatic heterocycles. The van der Waals surface area contributed by atoms with E-state index in [2.05, 4.69) is 25.4 Å². The summed E-state index contributed by atoms with van der Waals surface area (Å²) in [6, 6.07) is 3.00. The summed E-state index contributed by atoms with van der Waals surface area (Å²) >= 11 is 1.52. The van der Waals surface area contributed by atoms with Gasteiger partial charge in [-0.15, -0.1) is 11.3 Å². The van der Waals surface area contributed by atoms with Gasteiger partial charge in [-0.1, -0.05) is 0 Å². The minimum Gasteiger partial charge on any atom is -0.379 e. The molecule has 0 aliphatic carbocycles. The van der Waals surface area contributed by atoms with E-state index in [1.165, 1.54) is 11.3 Å². The topological polar surface area (TPSA) is 94.8 Å². The molecule has 182 valence electrons. The summed E-state index contributed by atoms with van der Waals surface area (Å²) in [5.41, 5.74) is 2.33. The van der Waals surface area contributed by atoms with E-state index in [-0.39, 0.29) is 11.9 Å². The van der Waals surface area contributed by atoms with Crippen molar-refractivity contribution >= 4 is 28.1 Å². The lowest BCUT2D eigenvalue weighted by Crippen LogP contribution is -2.27. The Hall–Kier alpha value is -3.38. The summed E-state index contributed by atoms with van der Waals surface area (Å²) < 4.78 is 45.7. The molecule has 4 aromatic rings. The first kappa shape index (κ1) is 23.4. The summed E-state index contributed by atoms with van der Waals surface area (Å²) in [6.07, 6.45) is 1.90. The molecule has 1 saturated heterocycles. The lowest BCUT2D eigenvalue weighted by Gasteiger charge is -2.16. The molecule has 5 rings (SSSR count). The number of hydrogen-bond donors (Lipinski definition) is 1. The maximum atomic E-state index is 13.2. The fourth-order valence-corrected chi connectivity index (χ4v) is 4.80. The molecule has 2 unspecified atom stereocenters. The van der Waals surface area contributed by atoms with Crippen LogP contribution in [-0.2, 0) is 10.9 Å². The van der Waals surface area contributed by atoms with Gasteiger partial charge in [-0.25, -0.2) is 15.0 Å². The standard InChI is InChI=1S/C23H21F3N6O2S/c1-12-7-27-21(35-12)17-5-14(6-19-18(17)10-30-32(19)16-3-4-34-11-16)20(33)31-13(2)15-8-28-22(29-9-15)23(24,25)26/h5-10,13,16H,3-4,11H2,1-2H3,(H,31,33). The van der Waals surface area contributed by atoms with Crippen LogP contribution in [0, 0.1) is 6.92 Å². The number of hydrogen-bond acceptors (Lipinski definition) is 7. The molecule has 1 aliphatic rings. The van der Waals surface area contributed by atoms with Gasteiger partial charge < -0.3 is 10.1 Å². The van der Waals surface area contributed by atoms with Gasteiger partial charge in [0.15, 0.2) is 0 Å². The summed E-state index contributed by atoms with van der Waals surface area (Å²) in [5.74, 6) is -1.61. The van der Waals surface area contributed by atoms with Gasteiger partial charge in [0.25, 0.3) is 5.91 Å². The van der Waals surface area contributed by atoms with Crippen LogP contribution in [0.5, 0.6) is 0 Å². The van der Waals surface area contributed by atoms with Crippen molar-refractivity contribution < 1.29 is 22.7 Å². The Labute approximate surface area is 202 Å². The van der Waals surface area contributed by atoms with E-state index >= 15 is 0 Å². The van der Waals surface area contributed by atoms with Crippen LogP contribution in [0.15, 0.2) is 36.9 Å². The smallest absolute Gasteiger partial charge is 0.379 e. The molecule has 0 spiro atoms. The Morgan fingerprint density at radius 1 is 1.20 bits per heavy atom. The number of alkyl halides is 3. The second-order valence-corrected chi connectivity index (χ2v) is 9.61. The molecule has 0 bridgehead atoms. The number of amides is 1.